The molecule has 0 aliphatic carbocycles. The molecular formula is C25H24N4O4. The van der Waals surface area contributed by atoms with Crippen LogP contribution >= 0.6 is 0 Å². The van der Waals surface area contributed by atoms with E-state index in [1.807, 2.05) is 24.4 Å². The molecule has 0 radical (unpaired) electrons. The molecule has 1 N–H and O–H groups in total. The number of nitrogens with one attached hydrogen (secondary N) is 1. The standard InChI is InChI=1S/C25H24N4O4/c1-2-18-7-6-16(10-26-18)11-28-12-17(13-28)15-33-22-5-3-4-19-20(22)14-29(25(19)32)21-8-9-23(30)27-24(21)31/h1,3-7,10,17,21H,8-9,11-15H2,(H,27,30,31). The van der Waals surface area contributed by atoms with E-state index in [0.717, 1.165) is 30.8 Å². The number of terminal acetylenes is 1. The van der Waals surface area contributed by atoms with Gasteiger partial charge in [-0.05, 0) is 30.2 Å². The number of amides is 3. The smallest absolute Gasteiger partial charge is 0.255 e. The third kappa shape index (κ3) is 4.20. The van der Waals surface area contributed by atoms with Gasteiger partial charge in [0.25, 0.3) is 5.91 Å². The van der Waals surface area contributed by atoms with Crippen LogP contribution in [0.5, 0.6) is 5.75 Å². The Bertz CT molecular complexity index is 1150. The highest BCUT2D eigenvalue weighted by atomic mass is 16.5. The molecule has 1 aromatic carbocycles. The van der Waals surface area contributed by atoms with E-state index in [0.29, 0.717) is 42.5 Å². The van der Waals surface area contributed by atoms with Gasteiger partial charge in [-0.3, -0.25) is 24.6 Å². The summed E-state index contributed by atoms with van der Waals surface area (Å²) < 4.78 is 6.11. The fraction of sp³-hybridized carbons (Fsp3) is 0.360. The van der Waals surface area contributed by atoms with Crippen molar-refractivity contribution in [1.82, 2.24) is 20.1 Å². The van der Waals surface area contributed by atoms with Gasteiger partial charge in [0.2, 0.25) is 11.8 Å². The Hall–Kier alpha value is -3.70. The van der Waals surface area contributed by atoms with Crippen LogP contribution in [-0.4, -0.2) is 58.2 Å². The molecule has 4 heterocycles. The van der Waals surface area contributed by atoms with E-state index in [9.17, 15) is 14.4 Å². The Morgan fingerprint density at radius 2 is 2.03 bits per heavy atom. The summed E-state index contributed by atoms with van der Waals surface area (Å²) in [7, 11) is 0. The lowest BCUT2D eigenvalue weighted by atomic mass is 10.0. The first-order valence-corrected chi connectivity index (χ1v) is 11.0. The number of nitrogens with zero attached hydrogens (tertiary/aromatic N) is 3. The third-order valence-electron chi connectivity index (χ3n) is 6.43. The van der Waals surface area contributed by atoms with Crippen molar-refractivity contribution in [3.05, 3.63) is 58.9 Å². The van der Waals surface area contributed by atoms with Crippen LogP contribution in [0, 0.1) is 18.3 Å². The fourth-order valence-electron chi connectivity index (χ4n) is 4.67. The minimum Gasteiger partial charge on any atom is -0.493 e. The number of rotatable bonds is 6. The molecular weight excluding hydrogens is 420 g/mol. The second-order valence-electron chi connectivity index (χ2n) is 8.75. The number of hydrogen-bond donors (Lipinski definition) is 1. The van der Waals surface area contributed by atoms with Crippen molar-refractivity contribution >= 4 is 17.7 Å². The summed E-state index contributed by atoms with van der Waals surface area (Å²) in [6.07, 6.45) is 7.75. The van der Waals surface area contributed by atoms with Crippen molar-refractivity contribution in [2.75, 3.05) is 19.7 Å². The van der Waals surface area contributed by atoms with E-state index in [1.54, 1.807) is 17.0 Å². The molecule has 3 aliphatic rings. The maximum Gasteiger partial charge on any atom is 0.255 e. The Kier molecular flexibility index (Phi) is 5.56. The number of fused-ring (bicyclic) bond motifs is 1. The predicted molar refractivity (Wildman–Crippen MR) is 119 cm³/mol. The summed E-state index contributed by atoms with van der Waals surface area (Å²) in [6.45, 7) is 3.55. The van der Waals surface area contributed by atoms with Crippen LogP contribution in [0.4, 0.5) is 0 Å². The number of imide groups is 1. The summed E-state index contributed by atoms with van der Waals surface area (Å²) in [4.78, 5) is 44.7. The van der Waals surface area contributed by atoms with E-state index in [4.69, 9.17) is 11.2 Å². The van der Waals surface area contributed by atoms with Crippen molar-refractivity contribution in [1.29, 1.82) is 0 Å². The quantitative estimate of drug-likeness (QED) is 0.534. The highest BCUT2D eigenvalue weighted by molar-refractivity contribution is 6.05. The first kappa shape index (κ1) is 21.2. The van der Waals surface area contributed by atoms with Gasteiger partial charge in [0.05, 0.1) is 13.2 Å². The molecule has 8 heteroatoms. The number of ether oxygens (including phenoxy) is 1. The molecule has 33 heavy (non-hydrogen) atoms. The maximum atomic E-state index is 12.9. The lowest BCUT2D eigenvalue weighted by molar-refractivity contribution is -0.136. The average Bonchev–Trinajstić information content (AvgIpc) is 3.12. The van der Waals surface area contributed by atoms with E-state index in [2.05, 4.69) is 21.1 Å². The van der Waals surface area contributed by atoms with Gasteiger partial charge in [-0.25, -0.2) is 4.98 Å². The summed E-state index contributed by atoms with van der Waals surface area (Å²) in [5, 5.41) is 2.33. The fourth-order valence-corrected chi connectivity index (χ4v) is 4.67. The Labute approximate surface area is 191 Å². The molecule has 0 bridgehead atoms. The van der Waals surface area contributed by atoms with Gasteiger partial charge in [0.15, 0.2) is 0 Å². The third-order valence-corrected chi connectivity index (χ3v) is 6.43. The summed E-state index contributed by atoms with van der Waals surface area (Å²) >= 11 is 0. The number of aromatic nitrogens is 1. The number of pyridine rings is 1. The average molecular weight is 444 g/mol. The summed E-state index contributed by atoms with van der Waals surface area (Å²) in [5.74, 6) is 2.72. The summed E-state index contributed by atoms with van der Waals surface area (Å²) in [6, 6.07) is 8.67. The van der Waals surface area contributed by atoms with Gasteiger partial charge < -0.3 is 9.64 Å². The van der Waals surface area contributed by atoms with Crippen LogP contribution < -0.4 is 10.1 Å². The van der Waals surface area contributed by atoms with Crippen molar-refractivity contribution in [3.8, 4) is 18.1 Å². The second kappa shape index (κ2) is 8.68. The Balaban J connectivity index is 1.16. The normalized spacial score (nSPS) is 20.8. The number of carbonyl (C=O) groups excluding carboxylic acids is 3. The Morgan fingerprint density at radius 3 is 2.76 bits per heavy atom. The zero-order chi connectivity index (χ0) is 22.9. The first-order valence-electron chi connectivity index (χ1n) is 11.0. The first-order chi connectivity index (χ1) is 16.0. The molecule has 0 spiro atoms. The van der Waals surface area contributed by atoms with E-state index in [1.165, 1.54) is 0 Å². The molecule has 168 valence electrons. The number of carbonyl (C=O) groups is 3. The van der Waals surface area contributed by atoms with E-state index >= 15 is 0 Å². The number of benzene rings is 1. The van der Waals surface area contributed by atoms with Crippen LogP contribution in [0.25, 0.3) is 0 Å². The SMILES string of the molecule is C#Cc1ccc(CN2CC(COc3cccc4c3CN(C3CCC(=O)NC3=O)C4=O)C2)cn1. The minimum absolute atomic E-state index is 0.191. The van der Waals surface area contributed by atoms with Gasteiger partial charge in [-0.15, -0.1) is 6.42 Å². The van der Waals surface area contributed by atoms with Crippen molar-refractivity contribution < 1.29 is 19.1 Å². The van der Waals surface area contributed by atoms with Gasteiger partial charge >= 0.3 is 0 Å². The Morgan fingerprint density at radius 1 is 1.18 bits per heavy atom. The highest BCUT2D eigenvalue weighted by Crippen LogP contribution is 2.34. The van der Waals surface area contributed by atoms with Gasteiger partial charge in [0, 0.05) is 49.3 Å². The molecule has 1 unspecified atom stereocenters. The zero-order valence-corrected chi connectivity index (χ0v) is 18.1. The zero-order valence-electron chi connectivity index (χ0n) is 18.1. The van der Waals surface area contributed by atoms with Crippen molar-refractivity contribution in [2.45, 2.75) is 32.0 Å². The topological polar surface area (TPSA) is 91.8 Å². The minimum atomic E-state index is -0.625. The second-order valence-corrected chi connectivity index (χ2v) is 8.75. The monoisotopic (exact) mass is 444 g/mol. The van der Waals surface area contributed by atoms with Crippen molar-refractivity contribution in [2.24, 2.45) is 5.92 Å². The lowest BCUT2D eigenvalue weighted by Crippen LogP contribution is -2.52. The van der Waals surface area contributed by atoms with Crippen LogP contribution in [0.1, 0.15) is 40.0 Å². The number of piperidine rings is 1. The molecule has 8 nitrogen and oxygen atoms in total. The largest absolute Gasteiger partial charge is 0.493 e. The number of hydrogen-bond acceptors (Lipinski definition) is 6. The van der Waals surface area contributed by atoms with Gasteiger partial charge in [-0.1, -0.05) is 18.1 Å². The van der Waals surface area contributed by atoms with Gasteiger partial charge in [0.1, 0.15) is 17.5 Å². The molecule has 1 aromatic heterocycles. The molecule has 2 aromatic rings. The maximum absolute atomic E-state index is 12.9. The lowest BCUT2D eigenvalue weighted by Gasteiger charge is -2.39. The highest BCUT2D eigenvalue weighted by Gasteiger charge is 2.40. The molecule has 2 saturated heterocycles. The van der Waals surface area contributed by atoms with Crippen LogP contribution in [0.15, 0.2) is 36.5 Å². The van der Waals surface area contributed by atoms with E-state index < -0.39 is 11.9 Å². The van der Waals surface area contributed by atoms with Crippen molar-refractivity contribution in [3.63, 3.8) is 0 Å². The molecule has 1 atom stereocenters. The van der Waals surface area contributed by atoms with Crippen LogP contribution in [0.2, 0.25) is 0 Å². The molecule has 3 amide bonds. The molecule has 2 fully saturated rings. The molecule has 0 saturated carbocycles. The van der Waals surface area contributed by atoms with Gasteiger partial charge in [-0.2, -0.15) is 0 Å². The summed E-state index contributed by atoms with van der Waals surface area (Å²) in [5.41, 5.74) is 3.14. The van der Waals surface area contributed by atoms with Crippen LogP contribution in [-0.2, 0) is 22.7 Å². The van der Waals surface area contributed by atoms with E-state index in [-0.39, 0.29) is 18.2 Å². The predicted octanol–water partition coefficient (Wildman–Crippen LogP) is 1.33. The number of likely N-dealkylation sites (tertiary alicyclic amines) is 1. The molecule has 3 aliphatic heterocycles. The molecule has 5 rings (SSSR count). The van der Waals surface area contributed by atoms with Crippen LogP contribution in [0.3, 0.4) is 0 Å².